The van der Waals surface area contributed by atoms with Crippen molar-refractivity contribution in [2.75, 3.05) is 31.6 Å². The second-order valence-corrected chi connectivity index (χ2v) is 5.74. The second-order valence-electron chi connectivity index (χ2n) is 5.74. The number of aromatic nitrogens is 1. The SMILES string of the molecule is CC1(c2cc(NCCNC(=O)C=CC(F)(F)C(F)(F)F)ccn2)OCCO1. The van der Waals surface area contributed by atoms with Crippen molar-refractivity contribution in [1.29, 1.82) is 0 Å². The molecule has 11 heteroatoms. The van der Waals surface area contributed by atoms with Gasteiger partial charge in [-0.25, -0.2) is 0 Å². The van der Waals surface area contributed by atoms with Gasteiger partial charge in [-0.05, 0) is 25.1 Å². The lowest BCUT2D eigenvalue weighted by atomic mass is 10.2. The van der Waals surface area contributed by atoms with Crippen LogP contribution in [0, 0.1) is 0 Å². The van der Waals surface area contributed by atoms with Crippen molar-refractivity contribution < 1.29 is 36.2 Å². The molecule has 0 bridgehead atoms. The fourth-order valence-corrected chi connectivity index (χ4v) is 2.18. The zero-order chi connectivity index (χ0) is 20.1. The third kappa shape index (κ3) is 5.60. The van der Waals surface area contributed by atoms with E-state index in [4.69, 9.17) is 9.47 Å². The van der Waals surface area contributed by atoms with Crippen LogP contribution < -0.4 is 10.6 Å². The van der Waals surface area contributed by atoms with Crippen molar-refractivity contribution in [3.63, 3.8) is 0 Å². The van der Waals surface area contributed by atoms with E-state index in [0.717, 1.165) is 0 Å². The number of nitrogens with zero attached hydrogens (tertiary/aromatic N) is 1. The first-order valence-corrected chi connectivity index (χ1v) is 7.93. The van der Waals surface area contributed by atoms with Gasteiger partial charge in [0.05, 0.1) is 13.2 Å². The highest BCUT2D eigenvalue weighted by molar-refractivity contribution is 5.87. The Bertz CT molecular complexity index is 688. The first-order chi connectivity index (χ1) is 12.5. The number of allylic oxidation sites excluding steroid dienone is 1. The molecule has 1 aliphatic heterocycles. The van der Waals surface area contributed by atoms with Crippen LogP contribution in [-0.4, -0.2) is 49.3 Å². The molecule has 0 spiro atoms. The second kappa shape index (κ2) is 8.17. The highest BCUT2D eigenvalue weighted by Gasteiger charge is 2.55. The molecule has 0 atom stereocenters. The van der Waals surface area contributed by atoms with Crippen molar-refractivity contribution >= 4 is 11.6 Å². The molecule has 0 aromatic carbocycles. The van der Waals surface area contributed by atoms with Crippen LogP contribution in [-0.2, 0) is 20.1 Å². The molecule has 1 aromatic heterocycles. The number of rotatable bonds is 7. The molecule has 1 amide bonds. The summed E-state index contributed by atoms with van der Waals surface area (Å²) in [5.41, 5.74) is 1.19. The number of nitrogens with one attached hydrogen (secondary N) is 2. The van der Waals surface area contributed by atoms with Crippen LogP contribution in [0.4, 0.5) is 27.6 Å². The van der Waals surface area contributed by atoms with Crippen LogP contribution in [0.15, 0.2) is 30.5 Å². The third-order valence-corrected chi connectivity index (χ3v) is 3.64. The van der Waals surface area contributed by atoms with Crippen molar-refractivity contribution in [3.8, 4) is 0 Å². The van der Waals surface area contributed by atoms with Gasteiger partial charge in [0.25, 0.3) is 0 Å². The van der Waals surface area contributed by atoms with Gasteiger partial charge in [0, 0.05) is 31.0 Å². The van der Waals surface area contributed by atoms with Crippen molar-refractivity contribution in [3.05, 3.63) is 36.2 Å². The van der Waals surface area contributed by atoms with E-state index in [-0.39, 0.29) is 19.2 Å². The van der Waals surface area contributed by atoms with Crippen LogP contribution in [0.2, 0.25) is 0 Å². The molecular formula is C16H18F5N3O3. The lowest BCUT2D eigenvalue weighted by molar-refractivity contribution is -0.259. The molecule has 1 aromatic rings. The minimum absolute atomic E-state index is 0.00267. The number of alkyl halides is 5. The van der Waals surface area contributed by atoms with E-state index in [1.807, 2.05) is 0 Å². The van der Waals surface area contributed by atoms with Crippen molar-refractivity contribution in [1.82, 2.24) is 10.3 Å². The van der Waals surface area contributed by atoms with Gasteiger partial charge in [-0.1, -0.05) is 0 Å². The average Bonchev–Trinajstić information content (AvgIpc) is 3.04. The molecule has 2 N–H and O–H groups in total. The van der Waals surface area contributed by atoms with Crippen LogP contribution in [0.5, 0.6) is 0 Å². The van der Waals surface area contributed by atoms with Crippen molar-refractivity contribution in [2.45, 2.75) is 24.8 Å². The first-order valence-electron chi connectivity index (χ1n) is 7.93. The molecule has 0 unspecified atom stereocenters. The number of hydrogen-bond donors (Lipinski definition) is 2. The summed E-state index contributed by atoms with van der Waals surface area (Å²) in [4.78, 5) is 15.5. The van der Waals surface area contributed by atoms with Crippen LogP contribution in [0.25, 0.3) is 0 Å². The van der Waals surface area contributed by atoms with E-state index in [2.05, 4.69) is 15.6 Å². The molecule has 2 rings (SSSR count). The standard InChI is InChI=1S/C16H18F5N3O3/c1-14(26-8-9-27-14)12-10-11(3-5-23-12)22-6-7-24-13(25)2-4-15(17,18)16(19,20)21/h2-5,10H,6-9H2,1H3,(H,22,23)(H,24,25). The number of ether oxygens (including phenoxy) is 2. The Kier molecular flexibility index (Phi) is 6.37. The molecule has 150 valence electrons. The van der Waals surface area contributed by atoms with E-state index in [9.17, 15) is 26.7 Å². The molecule has 0 aliphatic carbocycles. The smallest absolute Gasteiger partial charge is 0.383 e. The molecule has 1 aliphatic rings. The Labute approximate surface area is 151 Å². The average molecular weight is 395 g/mol. The molecule has 6 nitrogen and oxygen atoms in total. The number of amides is 1. The highest BCUT2D eigenvalue weighted by Crippen LogP contribution is 2.36. The van der Waals surface area contributed by atoms with Crippen LogP contribution >= 0.6 is 0 Å². The lowest BCUT2D eigenvalue weighted by Gasteiger charge is -2.22. The minimum Gasteiger partial charge on any atom is -0.383 e. The molecule has 0 saturated carbocycles. The molecular weight excluding hydrogens is 377 g/mol. The summed E-state index contributed by atoms with van der Waals surface area (Å²) in [6.07, 6.45) is -4.52. The quantitative estimate of drug-likeness (QED) is 0.422. The summed E-state index contributed by atoms with van der Waals surface area (Å²) < 4.78 is 72.3. The third-order valence-electron chi connectivity index (χ3n) is 3.64. The Morgan fingerprint density at radius 1 is 1.26 bits per heavy atom. The summed E-state index contributed by atoms with van der Waals surface area (Å²) in [5, 5.41) is 5.16. The Morgan fingerprint density at radius 2 is 1.93 bits per heavy atom. The maximum atomic E-state index is 12.7. The predicted molar refractivity (Wildman–Crippen MR) is 85.1 cm³/mol. The number of carbonyl (C=O) groups excluding carboxylic acids is 1. The van der Waals surface area contributed by atoms with Crippen LogP contribution in [0.3, 0.4) is 0 Å². The topological polar surface area (TPSA) is 72.5 Å². The normalized spacial score (nSPS) is 17.3. The monoisotopic (exact) mass is 395 g/mol. The number of carbonyl (C=O) groups is 1. The Morgan fingerprint density at radius 3 is 2.56 bits per heavy atom. The predicted octanol–water partition coefficient (Wildman–Crippen LogP) is 2.58. The van der Waals surface area contributed by atoms with Gasteiger partial charge in [-0.15, -0.1) is 0 Å². The first kappa shape index (κ1) is 21.0. The largest absolute Gasteiger partial charge is 0.457 e. The van der Waals surface area contributed by atoms with E-state index < -0.39 is 29.9 Å². The summed E-state index contributed by atoms with van der Waals surface area (Å²) in [5.74, 6) is -7.06. The maximum absolute atomic E-state index is 12.7. The van der Waals surface area contributed by atoms with Crippen LogP contribution in [0.1, 0.15) is 12.6 Å². The number of halogens is 5. The molecule has 1 fully saturated rings. The summed E-state index contributed by atoms with van der Waals surface area (Å²) in [6, 6.07) is 3.35. The molecule has 27 heavy (non-hydrogen) atoms. The van der Waals surface area contributed by atoms with Gasteiger partial charge in [-0.3, -0.25) is 9.78 Å². The van der Waals surface area contributed by atoms with E-state index in [0.29, 0.717) is 24.6 Å². The summed E-state index contributed by atoms with van der Waals surface area (Å²) >= 11 is 0. The van der Waals surface area contributed by atoms with Gasteiger partial charge in [0.15, 0.2) is 0 Å². The Balaban J connectivity index is 1.79. The minimum atomic E-state index is -5.74. The Hall–Kier alpha value is -2.27. The maximum Gasteiger partial charge on any atom is 0.457 e. The fraction of sp³-hybridized carbons (Fsp3) is 0.500. The summed E-state index contributed by atoms with van der Waals surface area (Å²) in [6.45, 7) is 2.83. The molecule has 0 radical (unpaired) electrons. The van der Waals surface area contributed by atoms with Gasteiger partial charge < -0.3 is 20.1 Å². The fourth-order valence-electron chi connectivity index (χ4n) is 2.18. The van der Waals surface area contributed by atoms with Gasteiger partial charge in [0.1, 0.15) is 5.69 Å². The zero-order valence-electron chi connectivity index (χ0n) is 14.3. The van der Waals surface area contributed by atoms with Gasteiger partial charge >= 0.3 is 12.1 Å². The lowest BCUT2D eigenvalue weighted by Crippen LogP contribution is -2.35. The van der Waals surface area contributed by atoms with E-state index >= 15 is 0 Å². The highest BCUT2D eigenvalue weighted by atomic mass is 19.4. The zero-order valence-corrected chi connectivity index (χ0v) is 14.3. The number of anilines is 1. The van der Waals surface area contributed by atoms with Gasteiger partial charge in [0.2, 0.25) is 11.7 Å². The van der Waals surface area contributed by atoms with Crippen molar-refractivity contribution in [2.24, 2.45) is 0 Å². The number of hydrogen-bond acceptors (Lipinski definition) is 5. The molecule has 1 saturated heterocycles. The van der Waals surface area contributed by atoms with E-state index in [1.54, 1.807) is 19.1 Å². The number of pyridine rings is 1. The van der Waals surface area contributed by atoms with Gasteiger partial charge in [-0.2, -0.15) is 22.0 Å². The summed E-state index contributed by atoms with van der Waals surface area (Å²) in [7, 11) is 0. The van der Waals surface area contributed by atoms with E-state index in [1.165, 1.54) is 6.20 Å². The molecule has 2 heterocycles.